The molecule has 0 unspecified atom stereocenters. The molecule has 0 spiro atoms. The first-order valence-corrected chi connectivity index (χ1v) is 13.9. The van der Waals surface area contributed by atoms with E-state index in [0.717, 1.165) is 61.6 Å². The lowest BCUT2D eigenvalue weighted by Gasteiger charge is -2.44. The number of amides is 2. The Morgan fingerprint density at radius 3 is 1.97 bits per heavy atom. The van der Waals surface area contributed by atoms with Gasteiger partial charge in [0.2, 0.25) is 5.91 Å². The van der Waals surface area contributed by atoms with E-state index in [1.165, 1.54) is 18.2 Å². The molecule has 2 saturated carbocycles. The molecule has 0 bridgehead atoms. The first kappa shape index (κ1) is 25.1. The summed E-state index contributed by atoms with van der Waals surface area (Å²) >= 11 is 0. The summed E-state index contributed by atoms with van der Waals surface area (Å²) in [6.07, 6.45) is 4.88. The standard InChI is InChI=1S/C28H26F2N2O4S/c1-37(35,36)24-12-3-18(17-23(24)30)25(33)31-22-10-6-20(7-11-22)28(13-2-14-28)32-26(34)27(15-16-27)19-4-8-21(29)9-5-19/h3-12,17H,2,13-16H2,1H3,(H,31,33)(H,32,34). The minimum Gasteiger partial charge on any atom is -0.346 e. The molecule has 3 aromatic carbocycles. The topological polar surface area (TPSA) is 92.3 Å². The van der Waals surface area contributed by atoms with Crippen molar-refractivity contribution < 1.29 is 26.8 Å². The van der Waals surface area contributed by atoms with Crippen molar-refractivity contribution in [1.82, 2.24) is 5.32 Å². The van der Waals surface area contributed by atoms with Crippen LogP contribution < -0.4 is 10.6 Å². The minimum absolute atomic E-state index is 0.00720. The van der Waals surface area contributed by atoms with Gasteiger partial charge in [-0.1, -0.05) is 24.3 Å². The van der Waals surface area contributed by atoms with Gasteiger partial charge in [-0.2, -0.15) is 0 Å². The van der Waals surface area contributed by atoms with Crippen LogP contribution in [-0.2, 0) is 25.6 Å². The fourth-order valence-corrected chi connectivity index (χ4v) is 5.64. The molecule has 2 N–H and O–H groups in total. The number of halogens is 2. The van der Waals surface area contributed by atoms with E-state index in [2.05, 4.69) is 10.6 Å². The quantitative estimate of drug-likeness (QED) is 0.462. The second-order valence-electron chi connectivity index (χ2n) is 9.93. The van der Waals surface area contributed by atoms with Gasteiger partial charge in [-0.05, 0) is 85.7 Å². The zero-order valence-corrected chi connectivity index (χ0v) is 21.0. The smallest absolute Gasteiger partial charge is 0.255 e. The molecule has 5 rings (SSSR count). The number of benzene rings is 3. The van der Waals surface area contributed by atoms with Crippen LogP contribution in [0.25, 0.3) is 0 Å². The van der Waals surface area contributed by atoms with E-state index < -0.39 is 37.4 Å². The van der Waals surface area contributed by atoms with Gasteiger partial charge in [0.05, 0.1) is 11.0 Å². The number of hydrogen-bond acceptors (Lipinski definition) is 4. The highest BCUT2D eigenvalue weighted by Crippen LogP contribution is 2.50. The van der Waals surface area contributed by atoms with Crippen molar-refractivity contribution in [2.75, 3.05) is 11.6 Å². The number of hydrogen-bond donors (Lipinski definition) is 2. The largest absolute Gasteiger partial charge is 0.346 e. The van der Waals surface area contributed by atoms with Gasteiger partial charge in [-0.25, -0.2) is 17.2 Å². The van der Waals surface area contributed by atoms with Gasteiger partial charge in [-0.15, -0.1) is 0 Å². The van der Waals surface area contributed by atoms with Crippen molar-refractivity contribution >= 4 is 27.3 Å². The van der Waals surface area contributed by atoms with Crippen LogP contribution in [0.3, 0.4) is 0 Å². The highest BCUT2D eigenvalue weighted by atomic mass is 32.2. The average molecular weight is 525 g/mol. The molecule has 2 fully saturated rings. The Kier molecular flexibility index (Phi) is 6.14. The van der Waals surface area contributed by atoms with E-state index in [4.69, 9.17) is 0 Å². The van der Waals surface area contributed by atoms with Crippen molar-refractivity contribution in [3.05, 3.63) is 95.1 Å². The van der Waals surface area contributed by atoms with E-state index in [9.17, 15) is 26.8 Å². The number of anilines is 1. The van der Waals surface area contributed by atoms with Crippen molar-refractivity contribution in [3.8, 4) is 0 Å². The monoisotopic (exact) mass is 524 g/mol. The summed E-state index contributed by atoms with van der Waals surface area (Å²) in [5.41, 5.74) is 1.09. The Morgan fingerprint density at radius 2 is 1.46 bits per heavy atom. The molecule has 0 saturated heterocycles. The van der Waals surface area contributed by atoms with Gasteiger partial charge in [0.1, 0.15) is 16.5 Å². The second kappa shape index (κ2) is 9.06. The molecule has 0 heterocycles. The Bertz CT molecular complexity index is 1480. The van der Waals surface area contributed by atoms with E-state index in [-0.39, 0.29) is 17.3 Å². The molecule has 37 heavy (non-hydrogen) atoms. The molecule has 2 aliphatic rings. The van der Waals surface area contributed by atoms with Crippen molar-refractivity contribution in [3.63, 3.8) is 0 Å². The average Bonchev–Trinajstić information content (AvgIpc) is 3.64. The summed E-state index contributed by atoms with van der Waals surface area (Å²) in [6.45, 7) is 0. The molecule has 0 aromatic heterocycles. The predicted octanol–water partition coefficient (Wildman–Crippen LogP) is 4.85. The molecule has 2 amide bonds. The number of carbonyl (C=O) groups is 2. The lowest BCUT2D eigenvalue weighted by Crippen LogP contribution is -2.53. The zero-order chi connectivity index (χ0) is 26.4. The lowest BCUT2D eigenvalue weighted by molar-refractivity contribution is -0.127. The van der Waals surface area contributed by atoms with Crippen LogP contribution in [0.15, 0.2) is 71.6 Å². The first-order valence-electron chi connectivity index (χ1n) is 12.0. The Morgan fingerprint density at radius 1 is 0.838 bits per heavy atom. The Labute approximate surface area is 214 Å². The molecule has 0 aliphatic heterocycles. The van der Waals surface area contributed by atoms with E-state index in [1.807, 2.05) is 12.1 Å². The third kappa shape index (κ3) is 4.75. The third-order valence-electron chi connectivity index (χ3n) is 7.43. The molecule has 2 aliphatic carbocycles. The SMILES string of the molecule is CS(=O)(=O)c1ccc(C(=O)Nc2ccc(C3(NC(=O)C4(c5ccc(F)cc5)CC4)CCC3)cc2)cc1F. The molecule has 192 valence electrons. The van der Waals surface area contributed by atoms with Crippen LogP contribution in [0.1, 0.15) is 53.6 Å². The zero-order valence-electron chi connectivity index (χ0n) is 20.2. The third-order valence-corrected chi connectivity index (χ3v) is 8.56. The van der Waals surface area contributed by atoms with Crippen LogP contribution >= 0.6 is 0 Å². The van der Waals surface area contributed by atoms with E-state index in [0.29, 0.717) is 5.69 Å². The van der Waals surface area contributed by atoms with Gasteiger partial charge in [0.25, 0.3) is 5.91 Å². The van der Waals surface area contributed by atoms with Crippen LogP contribution in [-0.4, -0.2) is 26.5 Å². The summed E-state index contributed by atoms with van der Waals surface area (Å²) in [6, 6.07) is 16.5. The minimum atomic E-state index is -3.73. The molecule has 3 aromatic rings. The van der Waals surface area contributed by atoms with Crippen molar-refractivity contribution in [2.45, 2.75) is 48.0 Å². The van der Waals surface area contributed by atoms with Crippen molar-refractivity contribution in [1.29, 1.82) is 0 Å². The summed E-state index contributed by atoms with van der Waals surface area (Å²) in [5.74, 6) is -1.95. The molecular weight excluding hydrogens is 498 g/mol. The van der Waals surface area contributed by atoms with Gasteiger partial charge < -0.3 is 10.6 Å². The molecule has 0 radical (unpaired) electrons. The number of rotatable bonds is 7. The fraction of sp³-hybridized carbons (Fsp3) is 0.286. The summed E-state index contributed by atoms with van der Waals surface area (Å²) in [4.78, 5) is 25.5. The number of carbonyl (C=O) groups excluding carboxylic acids is 2. The summed E-state index contributed by atoms with van der Waals surface area (Å²) in [5, 5.41) is 5.95. The summed E-state index contributed by atoms with van der Waals surface area (Å²) in [7, 11) is -3.73. The van der Waals surface area contributed by atoms with Gasteiger partial charge in [0.15, 0.2) is 9.84 Å². The first-order chi connectivity index (χ1) is 17.5. The number of sulfone groups is 1. The van der Waals surface area contributed by atoms with Gasteiger partial charge in [0, 0.05) is 17.5 Å². The molecule has 6 nitrogen and oxygen atoms in total. The predicted molar refractivity (Wildman–Crippen MR) is 135 cm³/mol. The van der Waals surface area contributed by atoms with Gasteiger partial charge >= 0.3 is 0 Å². The molecule has 0 atom stereocenters. The highest BCUT2D eigenvalue weighted by Gasteiger charge is 2.54. The maximum absolute atomic E-state index is 14.2. The van der Waals surface area contributed by atoms with Gasteiger partial charge in [-0.3, -0.25) is 9.59 Å². The molecule has 9 heteroatoms. The van der Waals surface area contributed by atoms with Crippen LogP contribution in [0, 0.1) is 11.6 Å². The van der Waals surface area contributed by atoms with Crippen LogP contribution in [0.5, 0.6) is 0 Å². The number of nitrogens with one attached hydrogen (secondary N) is 2. The normalized spacial score (nSPS) is 17.4. The van der Waals surface area contributed by atoms with E-state index >= 15 is 0 Å². The maximum atomic E-state index is 14.2. The Balaban J connectivity index is 1.29. The maximum Gasteiger partial charge on any atom is 0.255 e. The molecular formula is C28H26F2N2O4S. The Hall–Kier alpha value is -3.59. The lowest BCUT2D eigenvalue weighted by atomic mass is 9.71. The second-order valence-corrected chi connectivity index (χ2v) is 11.9. The van der Waals surface area contributed by atoms with Crippen molar-refractivity contribution in [2.24, 2.45) is 0 Å². The van der Waals surface area contributed by atoms with Crippen LogP contribution in [0.2, 0.25) is 0 Å². The van der Waals surface area contributed by atoms with Crippen LogP contribution in [0.4, 0.5) is 14.5 Å². The summed E-state index contributed by atoms with van der Waals surface area (Å²) < 4.78 is 50.7. The fourth-order valence-electron chi connectivity index (χ4n) is 4.91. The van der Waals surface area contributed by atoms with E-state index in [1.54, 1.807) is 24.3 Å². The highest BCUT2D eigenvalue weighted by molar-refractivity contribution is 7.90.